The summed E-state index contributed by atoms with van der Waals surface area (Å²) in [5.41, 5.74) is 3.64. The molecule has 186 valence electrons. The van der Waals surface area contributed by atoms with E-state index in [-0.39, 0.29) is 14.5 Å². The monoisotopic (exact) mass is 554 g/mol. The van der Waals surface area contributed by atoms with Crippen LogP contribution in [0.3, 0.4) is 0 Å². The van der Waals surface area contributed by atoms with Gasteiger partial charge in [0.1, 0.15) is 0 Å². The van der Waals surface area contributed by atoms with Crippen LogP contribution in [0.2, 0.25) is 0 Å². The Balaban J connectivity index is 1.64. The summed E-state index contributed by atoms with van der Waals surface area (Å²) in [4.78, 5) is 6.82. The van der Waals surface area contributed by atoms with Gasteiger partial charge in [0.15, 0.2) is 0 Å². The standard InChI is InChI=1S/C27H26N2O6Se/c1-31-21-11-10-18(12-22(21)35-15-17-8-6-5-7-9-17)20-16-36-27(28-20)25(29-30)19-13-23(32-2)26(34-4)24(14-19)33-3/h5-14,16,30H,15H2,1-4H3/b29-25-. The number of hydrogen-bond acceptors (Lipinski definition) is 8. The molecular weight excluding hydrogens is 527 g/mol. The zero-order valence-corrected chi connectivity index (χ0v) is 22.1. The molecule has 1 N–H and O–H groups in total. The SMILES string of the molecule is COc1ccc(-c2c[se]c(/C(=N\O)c3cc(OC)c(OC)c(OC)c3)n2)cc1OCc1ccccc1. The number of oxime groups is 1. The zero-order valence-electron chi connectivity index (χ0n) is 20.3. The molecule has 36 heavy (non-hydrogen) atoms. The van der Waals surface area contributed by atoms with Gasteiger partial charge in [0.25, 0.3) is 0 Å². The molecule has 0 radical (unpaired) electrons. The van der Waals surface area contributed by atoms with E-state index in [2.05, 4.69) is 5.16 Å². The van der Waals surface area contributed by atoms with Crippen molar-refractivity contribution in [3.05, 3.63) is 81.3 Å². The predicted octanol–water partition coefficient (Wildman–Crippen LogP) is 4.65. The molecule has 0 bridgehead atoms. The molecule has 0 saturated heterocycles. The van der Waals surface area contributed by atoms with E-state index in [1.54, 1.807) is 19.2 Å². The quantitative estimate of drug-likeness (QED) is 0.132. The normalized spacial score (nSPS) is 11.2. The fourth-order valence-corrected chi connectivity index (χ4v) is 5.39. The second-order valence-electron chi connectivity index (χ2n) is 7.54. The molecule has 0 amide bonds. The van der Waals surface area contributed by atoms with Crippen LogP contribution in [0, 0.1) is 0 Å². The summed E-state index contributed by atoms with van der Waals surface area (Å²) in [6, 6.07) is 19.1. The van der Waals surface area contributed by atoms with E-state index >= 15 is 0 Å². The van der Waals surface area contributed by atoms with Crippen molar-refractivity contribution in [2.75, 3.05) is 28.4 Å². The van der Waals surface area contributed by atoms with Gasteiger partial charge in [-0.05, 0) is 0 Å². The van der Waals surface area contributed by atoms with Gasteiger partial charge in [-0.2, -0.15) is 0 Å². The Morgan fingerprint density at radius 3 is 2.14 bits per heavy atom. The van der Waals surface area contributed by atoms with Crippen LogP contribution in [-0.2, 0) is 6.61 Å². The predicted molar refractivity (Wildman–Crippen MR) is 137 cm³/mol. The minimum atomic E-state index is -0.164. The van der Waals surface area contributed by atoms with Gasteiger partial charge >= 0.3 is 216 Å². The molecule has 0 aliphatic rings. The van der Waals surface area contributed by atoms with Gasteiger partial charge in [-0.1, -0.05) is 0 Å². The van der Waals surface area contributed by atoms with E-state index in [0.717, 1.165) is 16.8 Å². The molecule has 1 aromatic heterocycles. The summed E-state index contributed by atoms with van der Waals surface area (Å²) in [5, 5.41) is 13.4. The number of benzene rings is 3. The fraction of sp³-hybridized carbons (Fsp3) is 0.185. The fourth-order valence-electron chi connectivity index (χ4n) is 3.64. The third-order valence-corrected chi connectivity index (χ3v) is 7.22. The summed E-state index contributed by atoms with van der Waals surface area (Å²) in [5.74, 6) is 2.64. The number of rotatable bonds is 10. The maximum absolute atomic E-state index is 9.89. The molecule has 0 spiro atoms. The minimum absolute atomic E-state index is 0.164. The Bertz CT molecular complexity index is 1330. The van der Waals surface area contributed by atoms with Gasteiger partial charge in [0, 0.05) is 0 Å². The number of nitrogens with zero attached hydrogens (tertiary/aromatic N) is 2. The Kier molecular flexibility index (Phi) is 8.15. The first-order valence-electron chi connectivity index (χ1n) is 10.9. The van der Waals surface area contributed by atoms with E-state index in [4.69, 9.17) is 28.7 Å². The van der Waals surface area contributed by atoms with Crippen molar-refractivity contribution in [2.45, 2.75) is 6.61 Å². The van der Waals surface area contributed by atoms with Crippen molar-refractivity contribution in [3.8, 4) is 40.0 Å². The van der Waals surface area contributed by atoms with Gasteiger partial charge in [-0.15, -0.1) is 0 Å². The van der Waals surface area contributed by atoms with Crippen molar-refractivity contribution in [2.24, 2.45) is 5.16 Å². The Morgan fingerprint density at radius 1 is 0.833 bits per heavy atom. The first-order valence-corrected chi connectivity index (χ1v) is 12.8. The molecule has 9 heteroatoms. The summed E-state index contributed by atoms with van der Waals surface area (Å²) in [6.45, 7) is 0.417. The molecule has 0 aliphatic carbocycles. The van der Waals surface area contributed by atoms with Crippen LogP contribution < -0.4 is 23.7 Å². The molecule has 4 rings (SSSR count). The Morgan fingerprint density at radius 2 is 1.53 bits per heavy atom. The summed E-state index contributed by atoms with van der Waals surface area (Å²) < 4.78 is 28.5. The zero-order chi connectivity index (χ0) is 25.5. The Hall–Kier alpha value is -3.94. The van der Waals surface area contributed by atoms with Gasteiger partial charge in [0.05, 0.1) is 0 Å². The van der Waals surface area contributed by atoms with E-state index in [1.165, 1.54) is 21.3 Å². The van der Waals surface area contributed by atoms with Crippen LogP contribution in [0.25, 0.3) is 11.3 Å². The van der Waals surface area contributed by atoms with Crippen molar-refractivity contribution < 1.29 is 28.9 Å². The van der Waals surface area contributed by atoms with Gasteiger partial charge in [-0.25, -0.2) is 0 Å². The van der Waals surface area contributed by atoms with Crippen LogP contribution in [0.15, 0.2) is 70.8 Å². The van der Waals surface area contributed by atoms with Crippen LogP contribution in [0.4, 0.5) is 0 Å². The van der Waals surface area contributed by atoms with Crippen molar-refractivity contribution in [1.29, 1.82) is 0 Å². The van der Waals surface area contributed by atoms with Gasteiger partial charge < -0.3 is 0 Å². The summed E-state index contributed by atoms with van der Waals surface area (Å²) >= 11 is -0.164. The van der Waals surface area contributed by atoms with E-state index in [1.807, 2.05) is 53.5 Å². The number of hydrogen-bond donors (Lipinski definition) is 1. The molecule has 1 heterocycles. The van der Waals surface area contributed by atoms with E-state index in [0.29, 0.717) is 51.2 Å². The number of ether oxygens (including phenoxy) is 5. The van der Waals surface area contributed by atoms with Crippen LogP contribution in [0.5, 0.6) is 28.7 Å². The van der Waals surface area contributed by atoms with Crippen molar-refractivity contribution >= 4 is 20.2 Å². The first-order chi connectivity index (χ1) is 17.6. The first kappa shape index (κ1) is 25.2. The third-order valence-electron chi connectivity index (χ3n) is 5.44. The Labute approximate surface area is 215 Å². The molecule has 0 saturated carbocycles. The van der Waals surface area contributed by atoms with Crippen molar-refractivity contribution in [3.63, 3.8) is 0 Å². The van der Waals surface area contributed by atoms with Gasteiger partial charge in [0.2, 0.25) is 0 Å². The molecule has 0 unspecified atom stereocenters. The maximum atomic E-state index is 9.89. The van der Waals surface area contributed by atoms with E-state index in [9.17, 15) is 5.21 Å². The molecule has 0 atom stereocenters. The molecular formula is C27H26N2O6Se. The number of aromatic nitrogens is 1. The second-order valence-corrected chi connectivity index (χ2v) is 9.34. The van der Waals surface area contributed by atoms with Crippen molar-refractivity contribution in [1.82, 2.24) is 4.98 Å². The molecule has 0 aliphatic heterocycles. The average molecular weight is 553 g/mol. The van der Waals surface area contributed by atoms with Crippen LogP contribution >= 0.6 is 0 Å². The molecule has 8 nitrogen and oxygen atoms in total. The van der Waals surface area contributed by atoms with Crippen LogP contribution in [0.1, 0.15) is 15.7 Å². The molecule has 4 aromatic rings. The third kappa shape index (κ3) is 5.32. The summed E-state index contributed by atoms with van der Waals surface area (Å²) in [6.07, 6.45) is 0. The molecule has 3 aromatic carbocycles. The second kappa shape index (κ2) is 11.7. The summed E-state index contributed by atoms with van der Waals surface area (Å²) in [7, 11) is 6.22. The number of methoxy groups -OCH3 is 4. The van der Waals surface area contributed by atoms with Gasteiger partial charge in [-0.3, -0.25) is 0 Å². The topological polar surface area (TPSA) is 91.6 Å². The van der Waals surface area contributed by atoms with E-state index < -0.39 is 0 Å². The average Bonchev–Trinajstić information content (AvgIpc) is 3.42. The molecule has 0 fully saturated rings. The van der Waals surface area contributed by atoms with Crippen LogP contribution in [-0.4, -0.2) is 58.8 Å².